The molecule has 0 aliphatic carbocycles. The number of hydrogen-bond acceptors (Lipinski definition) is 6. The van der Waals surface area contributed by atoms with E-state index in [0.29, 0.717) is 37.9 Å². The van der Waals surface area contributed by atoms with Gasteiger partial charge in [0.05, 0.1) is 23.5 Å². The number of rotatable bonds is 5. The van der Waals surface area contributed by atoms with Gasteiger partial charge in [0.25, 0.3) is 0 Å². The number of nitrogens with zero attached hydrogens (tertiary/aromatic N) is 3. The Morgan fingerprint density at radius 1 is 1.13 bits per heavy atom. The minimum absolute atomic E-state index is 0.0407. The van der Waals surface area contributed by atoms with Crippen LogP contribution in [0.2, 0.25) is 0 Å². The van der Waals surface area contributed by atoms with E-state index in [-0.39, 0.29) is 16.1 Å². The summed E-state index contributed by atoms with van der Waals surface area (Å²) in [6.07, 6.45) is 3.31. The van der Waals surface area contributed by atoms with Crippen molar-refractivity contribution in [2.45, 2.75) is 34.9 Å². The van der Waals surface area contributed by atoms with Crippen LogP contribution in [-0.4, -0.2) is 61.7 Å². The molecule has 3 heterocycles. The molecule has 7 nitrogen and oxygen atoms in total. The molecule has 0 unspecified atom stereocenters. The fraction of sp³-hybridized carbons (Fsp3) is 0.429. The van der Waals surface area contributed by atoms with Gasteiger partial charge < -0.3 is 9.64 Å². The maximum absolute atomic E-state index is 13.1. The van der Waals surface area contributed by atoms with Gasteiger partial charge >= 0.3 is 0 Å². The SMILES string of the molecule is C[C@@H](Sc1ccc(S(=O)(=O)N2CCOCC2)cn1)C(=O)N1CCCc2ccccc21. The van der Waals surface area contributed by atoms with Crippen molar-refractivity contribution < 1.29 is 17.9 Å². The molecule has 0 radical (unpaired) electrons. The topological polar surface area (TPSA) is 79.8 Å². The van der Waals surface area contributed by atoms with Gasteiger partial charge in [-0.05, 0) is 43.5 Å². The summed E-state index contributed by atoms with van der Waals surface area (Å²) in [6.45, 7) is 4.08. The first-order valence-electron chi connectivity index (χ1n) is 10.1. The standard InChI is InChI=1S/C21H25N3O4S2/c1-16(21(25)24-10-4-6-17-5-2-3-7-19(17)24)29-20-9-8-18(15-22-20)30(26,27)23-11-13-28-14-12-23/h2-3,5,7-9,15-16H,4,6,10-14H2,1H3/t16-/m1/s1. The zero-order valence-corrected chi connectivity index (χ0v) is 18.5. The van der Waals surface area contributed by atoms with E-state index in [1.54, 1.807) is 12.1 Å². The lowest BCUT2D eigenvalue weighted by Gasteiger charge is -2.31. The Hall–Kier alpha value is -1.94. The highest BCUT2D eigenvalue weighted by Gasteiger charge is 2.28. The summed E-state index contributed by atoms with van der Waals surface area (Å²) in [4.78, 5) is 19.4. The Bertz CT molecular complexity index is 1010. The molecule has 1 amide bonds. The molecule has 160 valence electrons. The summed E-state index contributed by atoms with van der Waals surface area (Å²) in [5, 5.41) is 0.299. The molecule has 4 rings (SSSR count). The highest BCUT2D eigenvalue weighted by molar-refractivity contribution is 8.00. The number of benzene rings is 1. The van der Waals surface area contributed by atoms with E-state index in [4.69, 9.17) is 4.74 Å². The number of carbonyl (C=O) groups is 1. The van der Waals surface area contributed by atoms with E-state index in [0.717, 1.165) is 18.5 Å². The normalized spacial score (nSPS) is 18.6. The second-order valence-corrected chi connectivity index (χ2v) is 10.6. The lowest BCUT2D eigenvalue weighted by atomic mass is 10.0. The molecule has 1 saturated heterocycles. The van der Waals surface area contributed by atoms with Crippen molar-refractivity contribution in [1.29, 1.82) is 0 Å². The molecular weight excluding hydrogens is 422 g/mol. The number of carbonyl (C=O) groups excluding carboxylic acids is 1. The first-order valence-corrected chi connectivity index (χ1v) is 12.4. The minimum Gasteiger partial charge on any atom is -0.379 e. The fourth-order valence-corrected chi connectivity index (χ4v) is 5.94. The van der Waals surface area contributed by atoms with Crippen LogP contribution in [0, 0.1) is 0 Å². The van der Waals surface area contributed by atoms with Crippen LogP contribution in [0.5, 0.6) is 0 Å². The van der Waals surface area contributed by atoms with E-state index in [9.17, 15) is 13.2 Å². The Kier molecular flexibility index (Phi) is 6.43. The number of aryl methyl sites for hydroxylation is 1. The van der Waals surface area contributed by atoms with Crippen molar-refractivity contribution in [3.63, 3.8) is 0 Å². The number of para-hydroxylation sites is 1. The van der Waals surface area contributed by atoms with E-state index in [1.165, 1.54) is 27.8 Å². The van der Waals surface area contributed by atoms with Gasteiger partial charge in [0.15, 0.2) is 0 Å². The number of amides is 1. The van der Waals surface area contributed by atoms with E-state index in [1.807, 2.05) is 30.0 Å². The van der Waals surface area contributed by atoms with Gasteiger partial charge in [-0.1, -0.05) is 30.0 Å². The Morgan fingerprint density at radius 2 is 1.90 bits per heavy atom. The number of sulfonamides is 1. The fourth-order valence-electron chi connectivity index (χ4n) is 3.74. The van der Waals surface area contributed by atoms with Gasteiger partial charge in [-0.3, -0.25) is 4.79 Å². The molecule has 0 bridgehead atoms. The lowest BCUT2D eigenvalue weighted by Crippen LogP contribution is -2.40. The summed E-state index contributed by atoms with van der Waals surface area (Å²) in [5.41, 5.74) is 2.19. The van der Waals surface area contributed by atoms with Gasteiger partial charge in [-0.25, -0.2) is 13.4 Å². The van der Waals surface area contributed by atoms with Gasteiger partial charge in [0.2, 0.25) is 15.9 Å². The van der Waals surface area contributed by atoms with Crippen molar-refractivity contribution >= 4 is 33.4 Å². The van der Waals surface area contributed by atoms with E-state index < -0.39 is 10.0 Å². The second-order valence-electron chi connectivity index (χ2n) is 7.33. The number of thioether (sulfide) groups is 1. The molecule has 0 spiro atoms. The maximum Gasteiger partial charge on any atom is 0.244 e. The Labute approximate surface area is 181 Å². The van der Waals surface area contributed by atoms with Crippen molar-refractivity contribution in [2.75, 3.05) is 37.7 Å². The molecule has 0 N–H and O–H groups in total. The van der Waals surface area contributed by atoms with Gasteiger partial charge in [0.1, 0.15) is 4.90 Å². The number of anilines is 1. The molecular formula is C21H25N3O4S2. The molecule has 1 aromatic carbocycles. The molecule has 2 aliphatic rings. The predicted octanol–water partition coefficient (Wildman–Crippen LogP) is 2.56. The quantitative estimate of drug-likeness (QED) is 0.656. The number of fused-ring (bicyclic) bond motifs is 1. The van der Waals surface area contributed by atoms with Crippen LogP contribution in [0.4, 0.5) is 5.69 Å². The summed E-state index contributed by atoms with van der Waals surface area (Å²) in [6, 6.07) is 11.3. The number of morpholine rings is 1. The zero-order valence-electron chi connectivity index (χ0n) is 16.9. The van der Waals surface area contributed by atoms with Crippen LogP contribution < -0.4 is 4.90 Å². The number of aromatic nitrogens is 1. The summed E-state index contributed by atoms with van der Waals surface area (Å²) < 4.78 is 32.1. The summed E-state index contributed by atoms with van der Waals surface area (Å²) >= 11 is 1.34. The van der Waals surface area contributed by atoms with Gasteiger partial charge in [-0.2, -0.15) is 4.31 Å². The largest absolute Gasteiger partial charge is 0.379 e. The lowest BCUT2D eigenvalue weighted by molar-refractivity contribution is -0.117. The molecule has 1 fully saturated rings. The van der Waals surface area contributed by atoms with E-state index in [2.05, 4.69) is 11.1 Å². The van der Waals surface area contributed by atoms with Crippen molar-refractivity contribution in [1.82, 2.24) is 9.29 Å². The van der Waals surface area contributed by atoms with Crippen LogP contribution >= 0.6 is 11.8 Å². The third-order valence-electron chi connectivity index (χ3n) is 5.34. The smallest absolute Gasteiger partial charge is 0.244 e. The highest BCUT2D eigenvalue weighted by Crippen LogP contribution is 2.30. The molecule has 9 heteroatoms. The van der Waals surface area contributed by atoms with Crippen molar-refractivity contribution in [3.05, 3.63) is 48.2 Å². The predicted molar refractivity (Wildman–Crippen MR) is 116 cm³/mol. The van der Waals surface area contributed by atoms with Crippen LogP contribution in [0.3, 0.4) is 0 Å². The zero-order chi connectivity index (χ0) is 21.1. The van der Waals surface area contributed by atoms with Gasteiger partial charge in [0, 0.05) is 31.5 Å². The van der Waals surface area contributed by atoms with Crippen molar-refractivity contribution in [2.24, 2.45) is 0 Å². The molecule has 2 aromatic rings. The highest BCUT2D eigenvalue weighted by atomic mass is 32.2. The summed E-state index contributed by atoms with van der Waals surface area (Å²) in [7, 11) is -3.57. The summed E-state index contributed by atoms with van der Waals surface area (Å²) in [5.74, 6) is 0.0407. The first kappa shape index (κ1) is 21.3. The maximum atomic E-state index is 13.1. The average Bonchev–Trinajstić information content (AvgIpc) is 2.79. The molecule has 1 atom stereocenters. The van der Waals surface area contributed by atoms with Crippen LogP contribution in [-0.2, 0) is 26.0 Å². The van der Waals surface area contributed by atoms with E-state index >= 15 is 0 Å². The second kappa shape index (κ2) is 9.05. The van der Waals surface area contributed by atoms with Crippen LogP contribution in [0.25, 0.3) is 0 Å². The molecule has 1 aromatic heterocycles. The third kappa shape index (κ3) is 4.39. The van der Waals surface area contributed by atoms with Crippen LogP contribution in [0.15, 0.2) is 52.5 Å². The molecule has 30 heavy (non-hydrogen) atoms. The number of hydrogen-bond donors (Lipinski definition) is 0. The van der Waals surface area contributed by atoms with Crippen molar-refractivity contribution in [3.8, 4) is 0 Å². The Balaban J connectivity index is 1.44. The Morgan fingerprint density at radius 3 is 2.63 bits per heavy atom. The third-order valence-corrected chi connectivity index (χ3v) is 8.26. The van der Waals surface area contributed by atoms with Crippen LogP contribution in [0.1, 0.15) is 18.9 Å². The number of ether oxygens (including phenoxy) is 1. The first-order chi connectivity index (χ1) is 14.5. The molecule has 2 aliphatic heterocycles. The monoisotopic (exact) mass is 447 g/mol. The number of pyridine rings is 1. The minimum atomic E-state index is -3.57. The average molecular weight is 448 g/mol. The molecule has 0 saturated carbocycles. The van der Waals surface area contributed by atoms with Gasteiger partial charge in [-0.15, -0.1) is 0 Å².